The molecule has 1 aromatic rings. The average molecular weight is 513 g/mol. The quantitative estimate of drug-likeness (QED) is 0.403. The summed E-state index contributed by atoms with van der Waals surface area (Å²) in [7, 11) is 0.785. The number of carboxylic acid groups (broad SMARTS) is 1. The lowest BCUT2D eigenvalue weighted by molar-refractivity contribution is -0.141. The Bertz CT molecular complexity index is 946. The van der Waals surface area contributed by atoms with Crippen LogP contribution in [0.3, 0.4) is 0 Å². The molecule has 1 amide bonds. The van der Waals surface area contributed by atoms with Crippen molar-refractivity contribution in [3.05, 3.63) is 22.8 Å². The second kappa shape index (κ2) is 11.0. The minimum atomic E-state index is -2.28. The molecule has 0 fully saturated rings. The number of benzene rings is 1. The lowest BCUT2D eigenvalue weighted by atomic mass is 10.0. The molecule has 1 aliphatic heterocycles. The number of likely N-dealkylation sites (N-methyl/N-ethyl adjacent to an activating group) is 1. The van der Waals surface area contributed by atoms with Crippen molar-refractivity contribution < 1.29 is 33.4 Å². The zero-order valence-corrected chi connectivity index (χ0v) is 23.0. The number of cyclic esters (lactones) is 1. The van der Waals surface area contributed by atoms with E-state index >= 15 is 0 Å². The van der Waals surface area contributed by atoms with Crippen LogP contribution in [0, 0.1) is 6.92 Å². The van der Waals surface area contributed by atoms with Gasteiger partial charge in [-0.2, -0.15) is 11.8 Å². The number of carbonyl (C=O) groups is 3. The minimum Gasteiger partial charge on any atom is -0.543 e. The molecule has 0 aliphatic carbocycles. The molecule has 0 saturated heterocycles. The predicted molar refractivity (Wildman–Crippen MR) is 134 cm³/mol. The maximum atomic E-state index is 13.3. The highest BCUT2D eigenvalue weighted by Crippen LogP contribution is 2.42. The molecule has 0 unspecified atom stereocenters. The van der Waals surface area contributed by atoms with E-state index in [0.717, 1.165) is 0 Å². The van der Waals surface area contributed by atoms with Crippen LogP contribution in [0.4, 0.5) is 0 Å². The van der Waals surface area contributed by atoms with Gasteiger partial charge in [0.15, 0.2) is 0 Å². The van der Waals surface area contributed by atoms with Gasteiger partial charge >= 0.3 is 11.9 Å². The fourth-order valence-electron chi connectivity index (χ4n) is 3.18. The predicted octanol–water partition coefficient (Wildman–Crippen LogP) is 2.95. The normalized spacial score (nSPS) is 20.2. The number of ether oxygens (including phenoxy) is 2. The zero-order chi connectivity index (χ0) is 25.8. The van der Waals surface area contributed by atoms with Crippen molar-refractivity contribution >= 4 is 37.9 Å². The molecule has 2 rings (SSSR count). The van der Waals surface area contributed by atoms with Gasteiger partial charge in [-0.3, -0.25) is 4.79 Å². The second-order valence-electron chi connectivity index (χ2n) is 9.77. The lowest BCUT2D eigenvalue weighted by Gasteiger charge is -2.37. The van der Waals surface area contributed by atoms with E-state index in [9.17, 15) is 19.5 Å². The van der Waals surface area contributed by atoms with Gasteiger partial charge in [-0.25, -0.2) is 9.59 Å². The number of carboxylic acids is 1. The molecular weight excluding hydrogens is 476 g/mol. The Kier molecular flexibility index (Phi) is 9.06. The molecular formula is C23H36N2O7SSi. The molecule has 0 bridgehead atoms. The van der Waals surface area contributed by atoms with Crippen LogP contribution in [-0.4, -0.2) is 69.9 Å². The van der Waals surface area contributed by atoms with E-state index in [1.165, 1.54) is 18.9 Å². The van der Waals surface area contributed by atoms with Gasteiger partial charge in [0.05, 0.1) is 12.7 Å². The van der Waals surface area contributed by atoms with E-state index < -0.39 is 38.2 Å². The van der Waals surface area contributed by atoms with Crippen LogP contribution in [-0.2, 0) is 20.1 Å². The largest absolute Gasteiger partial charge is 0.543 e. The fourth-order valence-corrected chi connectivity index (χ4v) is 5.29. The number of hydrogen-bond donors (Lipinski definition) is 3. The number of hydrogen-bond acceptors (Lipinski definition) is 8. The molecule has 34 heavy (non-hydrogen) atoms. The van der Waals surface area contributed by atoms with E-state index in [0.29, 0.717) is 33.9 Å². The van der Waals surface area contributed by atoms with E-state index in [1.54, 1.807) is 20.0 Å². The zero-order valence-electron chi connectivity index (χ0n) is 21.2. The smallest absolute Gasteiger partial charge is 0.339 e. The molecule has 0 aromatic heterocycles. The molecule has 0 radical (unpaired) electrons. The summed E-state index contributed by atoms with van der Waals surface area (Å²) in [4.78, 5) is 37.6. The summed E-state index contributed by atoms with van der Waals surface area (Å²) in [5.74, 6) is -0.817. The number of esters is 1. The molecule has 1 aliphatic rings. The summed E-state index contributed by atoms with van der Waals surface area (Å²) < 4.78 is 17.7. The van der Waals surface area contributed by atoms with Gasteiger partial charge in [0.25, 0.3) is 0 Å². The van der Waals surface area contributed by atoms with Crippen LogP contribution in [0.25, 0.3) is 0 Å². The molecule has 190 valence electrons. The summed E-state index contributed by atoms with van der Waals surface area (Å²) in [6.45, 7) is 12.1. The third-order valence-electron chi connectivity index (χ3n) is 6.39. The van der Waals surface area contributed by atoms with Crippen molar-refractivity contribution in [2.24, 2.45) is 0 Å². The van der Waals surface area contributed by atoms with Gasteiger partial charge < -0.3 is 29.6 Å². The van der Waals surface area contributed by atoms with Crippen LogP contribution in [0.5, 0.6) is 11.5 Å². The van der Waals surface area contributed by atoms with Crippen molar-refractivity contribution in [3.63, 3.8) is 0 Å². The number of amides is 1. The summed E-state index contributed by atoms with van der Waals surface area (Å²) in [5, 5.41) is 14.8. The SMILES string of the molecule is CN[C@H]1COC(=O)c2c(C)c(OC)cc(O[Si](C)(C)C(C)(C)C)c2CSC[C@@H](C(=O)O)NC1=O. The molecule has 0 saturated carbocycles. The Morgan fingerprint density at radius 2 is 1.94 bits per heavy atom. The van der Waals surface area contributed by atoms with Crippen molar-refractivity contribution in [2.75, 3.05) is 26.5 Å². The van der Waals surface area contributed by atoms with Crippen LogP contribution >= 0.6 is 11.8 Å². The minimum absolute atomic E-state index is 0.0876. The standard InChI is InChI=1S/C23H36N2O7SSi/c1-13-17(30-6)9-18(32-34(7,8)23(2,3)4)14-11-33-12-16(21(27)28)25-20(26)15(24-5)10-31-22(29)19(13)14/h9,15-16,24H,10-12H2,1-8H3,(H,25,26)(H,27,28)/t15-,16-/m0/s1. The molecule has 11 heteroatoms. The average Bonchev–Trinajstić information content (AvgIpc) is 2.72. The van der Waals surface area contributed by atoms with Crippen LogP contribution in [0.1, 0.15) is 42.3 Å². The number of nitrogens with one attached hydrogen (secondary N) is 2. The molecule has 3 N–H and O–H groups in total. The Morgan fingerprint density at radius 1 is 1.29 bits per heavy atom. The van der Waals surface area contributed by atoms with Gasteiger partial charge in [-0.05, 0) is 32.1 Å². The summed E-state index contributed by atoms with van der Waals surface area (Å²) in [6.07, 6.45) is 0. The first kappa shape index (κ1) is 28.0. The van der Waals surface area contributed by atoms with E-state index in [-0.39, 0.29) is 17.4 Å². The number of carbonyl (C=O) groups excluding carboxylic acids is 2. The Morgan fingerprint density at radius 3 is 2.47 bits per heavy atom. The highest BCUT2D eigenvalue weighted by molar-refractivity contribution is 7.98. The van der Waals surface area contributed by atoms with E-state index in [2.05, 4.69) is 44.5 Å². The van der Waals surface area contributed by atoms with Gasteiger partial charge in [0, 0.05) is 28.7 Å². The first-order valence-corrected chi connectivity index (χ1v) is 15.1. The number of aliphatic carboxylic acids is 1. The summed E-state index contributed by atoms with van der Waals surface area (Å²) >= 11 is 1.30. The van der Waals surface area contributed by atoms with Crippen molar-refractivity contribution in [2.45, 2.75) is 63.7 Å². The molecule has 1 aromatic carbocycles. The van der Waals surface area contributed by atoms with Crippen LogP contribution in [0.2, 0.25) is 18.1 Å². The van der Waals surface area contributed by atoms with Crippen molar-refractivity contribution in [1.82, 2.24) is 10.6 Å². The van der Waals surface area contributed by atoms with Gasteiger partial charge in [0.1, 0.15) is 30.2 Å². The van der Waals surface area contributed by atoms with Gasteiger partial charge in [-0.15, -0.1) is 0 Å². The Labute approximate surface area is 206 Å². The highest BCUT2D eigenvalue weighted by atomic mass is 32.2. The number of rotatable bonds is 5. The lowest BCUT2D eigenvalue weighted by Crippen LogP contribution is -2.52. The van der Waals surface area contributed by atoms with Crippen LogP contribution < -0.4 is 19.8 Å². The summed E-state index contributed by atoms with van der Waals surface area (Å²) in [5.41, 5.74) is 1.56. The van der Waals surface area contributed by atoms with Crippen molar-refractivity contribution in [1.29, 1.82) is 0 Å². The Balaban J connectivity index is 2.64. The topological polar surface area (TPSA) is 123 Å². The maximum absolute atomic E-state index is 13.3. The molecule has 2 atom stereocenters. The first-order valence-electron chi connectivity index (χ1n) is 11.1. The second-order valence-corrected chi connectivity index (χ2v) is 15.5. The van der Waals surface area contributed by atoms with Gasteiger partial charge in [-0.1, -0.05) is 20.8 Å². The third kappa shape index (κ3) is 6.25. The summed E-state index contributed by atoms with van der Waals surface area (Å²) in [6, 6.07) is -0.190. The molecule has 1 heterocycles. The molecule has 0 spiro atoms. The fraction of sp³-hybridized carbons (Fsp3) is 0.609. The third-order valence-corrected chi connectivity index (χ3v) is 11.8. The van der Waals surface area contributed by atoms with E-state index in [1.807, 2.05) is 0 Å². The monoisotopic (exact) mass is 512 g/mol. The number of thioether (sulfide) groups is 1. The number of methoxy groups -OCH3 is 1. The van der Waals surface area contributed by atoms with Gasteiger partial charge in [0.2, 0.25) is 14.2 Å². The van der Waals surface area contributed by atoms with E-state index in [4.69, 9.17) is 13.9 Å². The van der Waals surface area contributed by atoms with Crippen LogP contribution in [0.15, 0.2) is 6.07 Å². The highest BCUT2D eigenvalue weighted by Gasteiger charge is 2.40. The Hall–Kier alpha value is -2.24. The first-order chi connectivity index (χ1) is 15.7. The molecule has 9 nitrogen and oxygen atoms in total. The maximum Gasteiger partial charge on any atom is 0.339 e. The number of fused-ring (bicyclic) bond motifs is 1. The van der Waals surface area contributed by atoms with Crippen molar-refractivity contribution in [3.8, 4) is 11.5 Å².